The molecule has 2 atom stereocenters. The molecule has 3 heteroatoms. The van der Waals surface area contributed by atoms with E-state index in [-0.39, 0.29) is 6.10 Å². The van der Waals surface area contributed by atoms with Crippen LogP contribution in [0.2, 0.25) is 5.02 Å². The van der Waals surface area contributed by atoms with E-state index in [0.29, 0.717) is 6.04 Å². The van der Waals surface area contributed by atoms with Crippen molar-refractivity contribution in [3.63, 3.8) is 0 Å². The molecule has 2 unspecified atom stereocenters. The second-order valence-electron chi connectivity index (χ2n) is 3.73. The van der Waals surface area contributed by atoms with E-state index in [4.69, 9.17) is 16.3 Å². The molecule has 0 bridgehead atoms. The summed E-state index contributed by atoms with van der Waals surface area (Å²) in [7, 11) is 1.72. The van der Waals surface area contributed by atoms with Gasteiger partial charge in [0.05, 0.1) is 6.10 Å². The van der Waals surface area contributed by atoms with Crippen LogP contribution >= 0.6 is 11.6 Å². The standard InChI is InChI=1S/C12H18ClNO/c1-9(15-3)8-14-10(2)11-5-4-6-12(13)7-11/h4-7,9-10,14H,8H2,1-3H3. The van der Waals surface area contributed by atoms with Gasteiger partial charge in [0, 0.05) is 24.7 Å². The molecule has 0 fully saturated rings. The van der Waals surface area contributed by atoms with Gasteiger partial charge in [0.15, 0.2) is 0 Å². The highest BCUT2D eigenvalue weighted by Crippen LogP contribution is 2.17. The van der Waals surface area contributed by atoms with Crippen molar-refractivity contribution in [3.8, 4) is 0 Å². The van der Waals surface area contributed by atoms with Crippen molar-refractivity contribution < 1.29 is 4.74 Å². The summed E-state index contributed by atoms with van der Waals surface area (Å²) in [6.45, 7) is 5.00. The van der Waals surface area contributed by atoms with Crippen LogP contribution in [-0.4, -0.2) is 19.8 Å². The van der Waals surface area contributed by atoms with Crippen LogP contribution in [0.1, 0.15) is 25.5 Å². The molecule has 0 aliphatic heterocycles. The summed E-state index contributed by atoms with van der Waals surface area (Å²) in [5.74, 6) is 0. The van der Waals surface area contributed by atoms with Crippen LogP contribution in [0.15, 0.2) is 24.3 Å². The Hall–Kier alpha value is -0.570. The molecule has 1 aromatic rings. The Kier molecular flexibility index (Phi) is 5.09. The van der Waals surface area contributed by atoms with Gasteiger partial charge < -0.3 is 10.1 Å². The summed E-state index contributed by atoms with van der Waals surface area (Å²) in [6.07, 6.45) is 0.228. The highest BCUT2D eigenvalue weighted by atomic mass is 35.5. The second kappa shape index (κ2) is 6.11. The normalized spacial score (nSPS) is 14.9. The number of hydrogen-bond acceptors (Lipinski definition) is 2. The fourth-order valence-electron chi connectivity index (χ4n) is 1.32. The molecule has 0 spiro atoms. The zero-order valence-electron chi connectivity index (χ0n) is 9.46. The molecule has 84 valence electrons. The minimum absolute atomic E-state index is 0.228. The number of hydrogen-bond donors (Lipinski definition) is 1. The molecular weight excluding hydrogens is 210 g/mol. The molecular formula is C12H18ClNO. The first kappa shape index (κ1) is 12.5. The molecule has 1 aromatic carbocycles. The third kappa shape index (κ3) is 4.20. The predicted molar refractivity (Wildman–Crippen MR) is 64.3 cm³/mol. The van der Waals surface area contributed by atoms with Crippen molar-refractivity contribution in [3.05, 3.63) is 34.9 Å². The van der Waals surface area contributed by atoms with Crippen LogP contribution < -0.4 is 5.32 Å². The maximum Gasteiger partial charge on any atom is 0.0667 e. The monoisotopic (exact) mass is 227 g/mol. The summed E-state index contributed by atoms with van der Waals surface area (Å²) >= 11 is 5.93. The van der Waals surface area contributed by atoms with Crippen molar-refractivity contribution in [2.75, 3.05) is 13.7 Å². The summed E-state index contributed by atoms with van der Waals surface area (Å²) in [6, 6.07) is 8.20. The van der Waals surface area contributed by atoms with Gasteiger partial charge in [-0.15, -0.1) is 0 Å². The Morgan fingerprint density at radius 2 is 2.13 bits per heavy atom. The van der Waals surface area contributed by atoms with E-state index in [1.54, 1.807) is 7.11 Å². The van der Waals surface area contributed by atoms with Crippen LogP contribution in [0.5, 0.6) is 0 Å². The average Bonchev–Trinajstić information content (AvgIpc) is 2.25. The fourth-order valence-corrected chi connectivity index (χ4v) is 1.52. The molecule has 0 aromatic heterocycles. The summed E-state index contributed by atoms with van der Waals surface area (Å²) in [5, 5.41) is 4.17. The number of methoxy groups -OCH3 is 1. The Morgan fingerprint density at radius 1 is 1.40 bits per heavy atom. The maximum atomic E-state index is 5.93. The third-order valence-corrected chi connectivity index (χ3v) is 2.70. The smallest absolute Gasteiger partial charge is 0.0667 e. The van der Waals surface area contributed by atoms with Gasteiger partial charge in [-0.25, -0.2) is 0 Å². The van der Waals surface area contributed by atoms with Crippen LogP contribution in [0.4, 0.5) is 0 Å². The van der Waals surface area contributed by atoms with E-state index >= 15 is 0 Å². The Balaban J connectivity index is 2.50. The lowest BCUT2D eigenvalue weighted by Crippen LogP contribution is -2.28. The number of ether oxygens (including phenoxy) is 1. The van der Waals surface area contributed by atoms with Crippen molar-refractivity contribution in [2.45, 2.75) is 26.0 Å². The number of nitrogens with one attached hydrogen (secondary N) is 1. The molecule has 0 aliphatic carbocycles. The van der Waals surface area contributed by atoms with E-state index in [9.17, 15) is 0 Å². The lowest BCUT2D eigenvalue weighted by molar-refractivity contribution is 0.115. The van der Waals surface area contributed by atoms with E-state index in [0.717, 1.165) is 11.6 Å². The van der Waals surface area contributed by atoms with Crippen molar-refractivity contribution in [1.29, 1.82) is 0 Å². The summed E-state index contributed by atoms with van der Waals surface area (Å²) in [5.41, 5.74) is 1.20. The van der Waals surface area contributed by atoms with Crippen LogP contribution in [0.25, 0.3) is 0 Å². The number of benzene rings is 1. The first-order chi connectivity index (χ1) is 7.13. The van der Waals surface area contributed by atoms with E-state index in [2.05, 4.69) is 18.3 Å². The van der Waals surface area contributed by atoms with Crippen molar-refractivity contribution >= 4 is 11.6 Å². The van der Waals surface area contributed by atoms with Gasteiger partial charge in [-0.1, -0.05) is 23.7 Å². The topological polar surface area (TPSA) is 21.3 Å². The van der Waals surface area contributed by atoms with Crippen molar-refractivity contribution in [1.82, 2.24) is 5.32 Å². The van der Waals surface area contributed by atoms with Gasteiger partial charge in [0.2, 0.25) is 0 Å². The molecule has 15 heavy (non-hydrogen) atoms. The maximum absolute atomic E-state index is 5.93. The van der Waals surface area contributed by atoms with Gasteiger partial charge in [0.25, 0.3) is 0 Å². The molecule has 0 saturated heterocycles. The number of halogens is 1. The summed E-state index contributed by atoms with van der Waals surface area (Å²) < 4.78 is 5.17. The average molecular weight is 228 g/mol. The molecule has 0 amide bonds. The third-order valence-electron chi connectivity index (χ3n) is 2.46. The minimum Gasteiger partial charge on any atom is -0.380 e. The highest BCUT2D eigenvalue weighted by molar-refractivity contribution is 6.30. The fraction of sp³-hybridized carbons (Fsp3) is 0.500. The Labute approximate surface area is 96.6 Å². The largest absolute Gasteiger partial charge is 0.380 e. The van der Waals surface area contributed by atoms with E-state index in [1.807, 2.05) is 25.1 Å². The molecule has 2 nitrogen and oxygen atoms in total. The molecule has 0 saturated carbocycles. The van der Waals surface area contributed by atoms with Gasteiger partial charge in [-0.05, 0) is 31.5 Å². The van der Waals surface area contributed by atoms with Gasteiger partial charge >= 0.3 is 0 Å². The van der Waals surface area contributed by atoms with Crippen LogP contribution in [-0.2, 0) is 4.74 Å². The molecule has 0 aliphatic rings. The zero-order valence-corrected chi connectivity index (χ0v) is 10.2. The summed E-state index contributed by atoms with van der Waals surface area (Å²) in [4.78, 5) is 0. The highest BCUT2D eigenvalue weighted by Gasteiger charge is 2.06. The lowest BCUT2D eigenvalue weighted by Gasteiger charge is -2.17. The quantitative estimate of drug-likeness (QED) is 0.835. The SMILES string of the molecule is COC(C)CNC(C)c1cccc(Cl)c1. The Bertz CT molecular complexity index is 303. The first-order valence-electron chi connectivity index (χ1n) is 5.15. The molecule has 0 heterocycles. The number of rotatable bonds is 5. The molecule has 1 rings (SSSR count). The van der Waals surface area contributed by atoms with Gasteiger partial charge in [-0.3, -0.25) is 0 Å². The molecule has 1 N–H and O–H groups in total. The van der Waals surface area contributed by atoms with Crippen LogP contribution in [0.3, 0.4) is 0 Å². The van der Waals surface area contributed by atoms with Crippen LogP contribution in [0, 0.1) is 0 Å². The van der Waals surface area contributed by atoms with E-state index < -0.39 is 0 Å². The van der Waals surface area contributed by atoms with Crippen molar-refractivity contribution in [2.24, 2.45) is 0 Å². The first-order valence-corrected chi connectivity index (χ1v) is 5.53. The minimum atomic E-state index is 0.228. The lowest BCUT2D eigenvalue weighted by atomic mass is 10.1. The predicted octanol–water partition coefficient (Wildman–Crippen LogP) is 3.03. The second-order valence-corrected chi connectivity index (χ2v) is 4.17. The zero-order chi connectivity index (χ0) is 11.3. The van der Waals surface area contributed by atoms with E-state index in [1.165, 1.54) is 5.56 Å². The van der Waals surface area contributed by atoms with Gasteiger partial charge in [-0.2, -0.15) is 0 Å². The Morgan fingerprint density at radius 3 is 2.73 bits per heavy atom. The van der Waals surface area contributed by atoms with Gasteiger partial charge in [0.1, 0.15) is 0 Å². The molecule has 0 radical (unpaired) electrons.